The summed E-state index contributed by atoms with van der Waals surface area (Å²) in [5.41, 5.74) is 7.78. The minimum atomic E-state index is -0.393. The summed E-state index contributed by atoms with van der Waals surface area (Å²) in [6.07, 6.45) is 1.78. The lowest BCUT2D eigenvalue weighted by Crippen LogP contribution is -2.29. The maximum atomic E-state index is 11.6. The largest absolute Gasteiger partial charge is 0.495 e. The number of thiocarbonyl (C=S) groups is 1. The van der Waals surface area contributed by atoms with Gasteiger partial charge in [-0.05, 0) is 93.0 Å². The van der Waals surface area contributed by atoms with Crippen LogP contribution in [-0.4, -0.2) is 26.7 Å². The van der Waals surface area contributed by atoms with Gasteiger partial charge in [0.25, 0.3) is 5.69 Å². The summed E-state index contributed by atoms with van der Waals surface area (Å²) < 4.78 is 7.62. The van der Waals surface area contributed by atoms with Crippen molar-refractivity contribution >= 4 is 28.7 Å². The molecule has 0 amide bonds. The number of nitro groups is 1. The third kappa shape index (κ3) is 4.28. The van der Waals surface area contributed by atoms with Gasteiger partial charge in [0.15, 0.2) is 5.11 Å². The summed E-state index contributed by atoms with van der Waals surface area (Å²) >= 11 is 5.90. The second kappa shape index (κ2) is 9.90. The monoisotopic (exact) mass is 527 g/mol. The number of rotatable bonds is 6. The first-order valence-electron chi connectivity index (χ1n) is 12.3. The normalized spacial score (nSPS) is 17.0. The van der Waals surface area contributed by atoms with Crippen LogP contribution in [0.1, 0.15) is 45.9 Å². The zero-order valence-corrected chi connectivity index (χ0v) is 22.7. The van der Waals surface area contributed by atoms with Gasteiger partial charge in [0.2, 0.25) is 0 Å². The SMILES string of the molecule is COc1ccc([N+](=O)[O-])cc1-n1c(C)cc([C@H]2[C@H](c3ccccn3)NC(=S)N2c2ccc(C)c(C)c2)c1C. The molecule has 0 unspecified atom stereocenters. The second-order valence-corrected chi connectivity index (χ2v) is 9.93. The number of anilines is 1. The average Bonchev–Trinajstić information content (AvgIpc) is 3.40. The Morgan fingerprint density at radius 1 is 1.03 bits per heavy atom. The number of nitrogens with one attached hydrogen (secondary N) is 1. The van der Waals surface area contributed by atoms with Crippen LogP contribution in [0.25, 0.3) is 5.69 Å². The number of aromatic nitrogens is 2. The van der Waals surface area contributed by atoms with E-state index in [9.17, 15) is 10.1 Å². The summed E-state index contributed by atoms with van der Waals surface area (Å²) in [4.78, 5) is 18.0. The van der Waals surface area contributed by atoms with Crippen molar-refractivity contribution in [1.82, 2.24) is 14.9 Å². The van der Waals surface area contributed by atoms with Crippen molar-refractivity contribution in [2.45, 2.75) is 39.8 Å². The molecule has 8 nitrogen and oxygen atoms in total. The highest BCUT2D eigenvalue weighted by Crippen LogP contribution is 2.44. The van der Waals surface area contributed by atoms with Crippen LogP contribution in [0.4, 0.5) is 11.4 Å². The number of benzene rings is 2. The summed E-state index contributed by atoms with van der Waals surface area (Å²) in [6, 6.07) is 18.6. The first-order valence-corrected chi connectivity index (χ1v) is 12.7. The van der Waals surface area contributed by atoms with Crippen LogP contribution < -0.4 is 15.0 Å². The van der Waals surface area contributed by atoms with Crippen LogP contribution in [0.5, 0.6) is 5.75 Å². The number of hydrogen-bond acceptors (Lipinski definition) is 5. The Hall–Kier alpha value is -4.24. The highest BCUT2D eigenvalue weighted by Gasteiger charge is 2.42. The molecule has 3 heterocycles. The molecule has 194 valence electrons. The second-order valence-electron chi connectivity index (χ2n) is 9.54. The molecule has 1 saturated heterocycles. The van der Waals surface area contributed by atoms with E-state index in [1.807, 2.05) is 36.6 Å². The summed E-state index contributed by atoms with van der Waals surface area (Å²) in [5, 5.41) is 15.7. The van der Waals surface area contributed by atoms with E-state index < -0.39 is 4.92 Å². The molecule has 1 aliphatic rings. The van der Waals surface area contributed by atoms with Gasteiger partial charge in [-0.3, -0.25) is 15.1 Å². The van der Waals surface area contributed by atoms with Crippen molar-refractivity contribution < 1.29 is 9.66 Å². The predicted molar refractivity (Wildman–Crippen MR) is 152 cm³/mol. The Kier molecular flexibility index (Phi) is 6.62. The third-order valence-electron chi connectivity index (χ3n) is 7.27. The Morgan fingerprint density at radius 3 is 2.47 bits per heavy atom. The van der Waals surface area contributed by atoms with Crippen LogP contribution in [0.15, 0.2) is 66.9 Å². The summed E-state index contributed by atoms with van der Waals surface area (Å²) in [6.45, 7) is 8.20. The van der Waals surface area contributed by atoms with Crippen molar-refractivity contribution in [1.29, 1.82) is 0 Å². The molecule has 1 N–H and O–H groups in total. The molecule has 0 spiro atoms. The molecular formula is C29H29N5O3S. The van der Waals surface area contributed by atoms with Crippen molar-refractivity contribution in [3.63, 3.8) is 0 Å². The van der Waals surface area contributed by atoms with Crippen LogP contribution in [0.2, 0.25) is 0 Å². The molecule has 2 aromatic carbocycles. The van der Waals surface area contributed by atoms with Gasteiger partial charge in [0.1, 0.15) is 5.75 Å². The van der Waals surface area contributed by atoms with Gasteiger partial charge in [-0.25, -0.2) is 0 Å². The molecule has 1 aliphatic heterocycles. The molecule has 0 saturated carbocycles. The summed E-state index contributed by atoms with van der Waals surface area (Å²) in [5.74, 6) is 0.552. The smallest absolute Gasteiger partial charge is 0.271 e. The molecule has 2 atom stereocenters. The number of ether oxygens (including phenoxy) is 1. The van der Waals surface area contributed by atoms with Crippen molar-refractivity contribution in [3.8, 4) is 11.4 Å². The van der Waals surface area contributed by atoms with Gasteiger partial charge in [0.05, 0.1) is 35.5 Å². The van der Waals surface area contributed by atoms with Gasteiger partial charge in [-0.15, -0.1) is 0 Å². The van der Waals surface area contributed by atoms with E-state index in [4.69, 9.17) is 17.0 Å². The van der Waals surface area contributed by atoms with Crippen LogP contribution in [-0.2, 0) is 0 Å². The van der Waals surface area contributed by atoms with Crippen LogP contribution in [0.3, 0.4) is 0 Å². The van der Waals surface area contributed by atoms with E-state index in [0.29, 0.717) is 16.5 Å². The molecular weight excluding hydrogens is 498 g/mol. The summed E-state index contributed by atoms with van der Waals surface area (Å²) in [7, 11) is 1.57. The van der Waals surface area contributed by atoms with Gasteiger partial charge < -0.3 is 19.5 Å². The van der Waals surface area contributed by atoms with Gasteiger partial charge in [0, 0.05) is 35.4 Å². The number of pyridine rings is 1. The Labute approximate surface area is 227 Å². The fourth-order valence-corrected chi connectivity index (χ4v) is 5.59. The highest BCUT2D eigenvalue weighted by molar-refractivity contribution is 7.80. The van der Waals surface area contributed by atoms with Gasteiger partial charge in [-0.1, -0.05) is 12.1 Å². The molecule has 0 radical (unpaired) electrons. The lowest BCUT2D eigenvalue weighted by molar-refractivity contribution is -0.384. The molecule has 2 aromatic heterocycles. The van der Waals surface area contributed by atoms with Crippen molar-refractivity contribution in [2.24, 2.45) is 0 Å². The zero-order valence-electron chi connectivity index (χ0n) is 21.9. The minimum Gasteiger partial charge on any atom is -0.495 e. The standard InChI is InChI=1S/C29H29N5O3S/c1-17-9-10-21(14-18(17)2)33-28(27(31-29(33)38)24-8-6-7-13-30-24)23-15-19(3)32(20(23)4)25-16-22(34(35)36)11-12-26(25)37-5/h6-16,27-28H,1-5H3,(H,31,38)/t27-,28-/m0/s1. The number of nitro benzene ring substituents is 1. The molecule has 9 heteroatoms. The van der Waals surface area contributed by atoms with Crippen molar-refractivity contribution in [2.75, 3.05) is 12.0 Å². The molecule has 0 bridgehead atoms. The maximum absolute atomic E-state index is 11.6. The predicted octanol–water partition coefficient (Wildman–Crippen LogP) is 6.20. The fraction of sp³-hybridized carbons (Fsp3) is 0.241. The lowest BCUT2D eigenvalue weighted by atomic mass is 9.96. The molecule has 0 aliphatic carbocycles. The molecule has 1 fully saturated rings. The lowest BCUT2D eigenvalue weighted by Gasteiger charge is -2.28. The number of methoxy groups -OCH3 is 1. The van der Waals surface area contributed by atoms with Crippen molar-refractivity contribution in [3.05, 3.63) is 111 Å². The Bertz CT molecular complexity index is 1550. The first-order chi connectivity index (χ1) is 18.2. The topological polar surface area (TPSA) is 85.5 Å². The van der Waals surface area contributed by atoms with E-state index in [1.54, 1.807) is 25.4 Å². The minimum absolute atomic E-state index is 0.00156. The maximum Gasteiger partial charge on any atom is 0.271 e. The van der Waals surface area contributed by atoms with E-state index >= 15 is 0 Å². The molecule has 4 aromatic rings. The Balaban J connectivity index is 1.71. The first kappa shape index (κ1) is 25.4. The number of hydrogen-bond donors (Lipinski definition) is 1. The molecule has 5 rings (SSSR count). The van der Waals surface area contributed by atoms with Crippen LogP contribution in [0, 0.1) is 37.8 Å². The van der Waals surface area contributed by atoms with Gasteiger partial charge in [-0.2, -0.15) is 0 Å². The number of nitrogens with zero attached hydrogens (tertiary/aromatic N) is 4. The highest BCUT2D eigenvalue weighted by atomic mass is 32.1. The van der Waals surface area contributed by atoms with Crippen LogP contribution >= 0.6 is 12.2 Å². The quantitative estimate of drug-likeness (QED) is 0.182. The average molecular weight is 528 g/mol. The Morgan fingerprint density at radius 2 is 1.82 bits per heavy atom. The van der Waals surface area contributed by atoms with E-state index in [0.717, 1.165) is 28.3 Å². The number of non-ortho nitro benzene ring substituents is 1. The fourth-order valence-electron chi connectivity index (χ4n) is 5.25. The van der Waals surface area contributed by atoms with E-state index in [-0.39, 0.29) is 17.8 Å². The number of aryl methyl sites for hydroxylation is 3. The van der Waals surface area contributed by atoms with E-state index in [2.05, 4.69) is 53.3 Å². The van der Waals surface area contributed by atoms with Gasteiger partial charge >= 0.3 is 0 Å². The molecule has 38 heavy (non-hydrogen) atoms. The van der Waals surface area contributed by atoms with E-state index in [1.165, 1.54) is 17.2 Å². The zero-order chi connectivity index (χ0) is 27.1. The third-order valence-corrected chi connectivity index (χ3v) is 7.58.